The molecule has 0 fully saturated rings. The van der Waals surface area contributed by atoms with E-state index in [1.54, 1.807) is 37.4 Å². The fraction of sp³-hybridized carbons (Fsp3) is 0.308. The quantitative estimate of drug-likeness (QED) is 0.428. The molecule has 2 N–H and O–H groups in total. The highest BCUT2D eigenvalue weighted by Crippen LogP contribution is 2.31. The number of pyridine rings is 1. The van der Waals surface area contributed by atoms with Crippen LogP contribution in [0.5, 0.6) is 5.75 Å². The number of anilines is 1. The predicted octanol–water partition coefficient (Wildman–Crippen LogP) is 2.36. The lowest BCUT2D eigenvalue weighted by atomic mass is 9.95. The summed E-state index contributed by atoms with van der Waals surface area (Å²) in [7, 11) is 1.60. The van der Waals surface area contributed by atoms with Crippen LogP contribution >= 0.6 is 0 Å². The highest BCUT2D eigenvalue weighted by molar-refractivity contribution is 6.00. The molecule has 0 radical (unpaired) electrons. The molecule has 1 aliphatic heterocycles. The zero-order valence-corrected chi connectivity index (χ0v) is 20.2. The molecule has 36 heavy (non-hydrogen) atoms. The van der Waals surface area contributed by atoms with E-state index in [0.29, 0.717) is 34.7 Å². The molecule has 1 aliphatic rings. The molecule has 2 aromatic heterocycles. The highest BCUT2D eigenvalue weighted by atomic mass is 19.1. The van der Waals surface area contributed by atoms with Crippen LogP contribution < -0.4 is 15.0 Å². The number of aliphatic hydroxyl groups excluding tert-OH is 1. The maximum Gasteiger partial charge on any atom is 0.342 e. The smallest absolute Gasteiger partial charge is 0.342 e. The molecule has 3 aromatic rings. The molecule has 9 nitrogen and oxygen atoms in total. The van der Waals surface area contributed by atoms with Gasteiger partial charge in [0.25, 0.3) is 5.91 Å². The van der Waals surface area contributed by atoms with Gasteiger partial charge in [0.05, 0.1) is 18.5 Å². The Kier molecular flexibility index (Phi) is 7.03. The van der Waals surface area contributed by atoms with Gasteiger partial charge in [-0.25, -0.2) is 9.78 Å². The first-order chi connectivity index (χ1) is 17.1. The number of amides is 2. The van der Waals surface area contributed by atoms with E-state index >= 15 is 0 Å². The molecule has 186 valence electrons. The largest absolute Gasteiger partial charge is 0.489 e. The Bertz CT molecular complexity index is 1360. The number of nitrogens with one attached hydrogen (secondary N) is 1. The summed E-state index contributed by atoms with van der Waals surface area (Å²) in [6.07, 6.45) is 3.29. The molecule has 0 bridgehead atoms. The number of hydrogen-bond acceptors (Lipinski definition) is 6. The monoisotopic (exact) mass is 491 g/mol. The van der Waals surface area contributed by atoms with E-state index < -0.39 is 23.4 Å². The van der Waals surface area contributed by atoms with Crippen molar-refractivity contribution in [2.75, 3.05) is 25.2 Å². The fourth-order valence-corrected chi connectivity index (χ4v) is 3.50. The van der Waals surface area contributed by atoms with Crippen molar-refractivity contribution in [3.8, 4) is 17.6 Å². The summed E-state index contributed by atoms with van der Waals surface area (Å²) >= 11 is 0. The van der Waals surface area contributed by atoms with Crippen LogP contribution in [0.15, 0.2) is 48.8 Å². The third-order valence-electron chi connectivity index (χ3n) is 5.59. The van der Waals surface area contributed by atoms with Gasteiger partial charge in [0.2, 0.25) is 5.95 Å². The number of aromatic nitrogens is 3. The molecule has 1 aromatic carbocycles. The molecule has 4 rings (SSSR count). The van der Waals surface area contributed by atoms with Crippen LogP contribution in [0.1, 0.15) is 30.7 Å². The average molecular weight is 492 g/mol. The summed E-state index contributed by atoms with van der Waals surface area (Å²) < 4.78 is 20.2. The highest BCUT2D eigenvalue weighted by Gasteiger charge is 2.31. The van der Waals surface area contributed by atoms with Crippen LogP contribution in [0.3, 0.4) is 0 Å². The lowest BCUT2D eigenvalue weighted by Gasteiger charge is -2.20. The Balaban J connectivity index is 1.45. The van der Waals surface area contributed by atoms with Crippen LogP contribution in [0.25, 0.3) is 0 Å². The second kappa shape index (κ2) is 10.2. The lowest BCUT2D eigenvalue weighted by Crippen LogP contribution is -2.50. The van der Waals surface area contributed by atoms with E-state index in [1.807, 2.05) is 13.8 Å². The SMILES string of the molecule is CN1C(=O)[C@H](NC(=O)n2cc(Cc3cccc(F)n3)cn2)COc2ccc(C#CC(C)(C)CO)cc21. The molecule has 1 atom stereocenters. The molecule has 10 heteroatoms. The number of likely N-dealkylation sites (N-methyl/N-ethyl adjacent to an activating group) is 1. The van der Waals surface area contributed by atoms with Gasteiger partial charge in [0.15, 0.2) is 0 Å². The van der Waals surface area contributed by atoms with Gasteiger partial charge < -0.3 is 20.1 Å². The van der Waals surface area contributed by atoms with Gasteiger partial charge in [-0.1, -0.05) is 17.9 Å². The number of rotatable bonds is 4. The first-order valence-electron chi connectivity index (χ1n) is 11.3. The zero-order chi connectivity index (χ0) is 25.9. The number of carbonyl (C=O) groups excluding carboxylic acids is 2. The third kappa shape index (κ3) is 5.70. The van der Waals surface area contributed by atoms with E-state index in [4.69, 9.17) is 4.74 Å². The van der Waals surface area contributed by atoms with Gasteiger partial charge in [-0.3, -0.25) is 4.79 Å². The number of aliphatic hydroxyl groups is 1. The van der Waals surface area contributed by atoms with Gasteiger partial charge in [0, 0.05) is 36.3 Å². The van der Waals surface area contributed by atoms with Gasteiger partial charge >= 0.3 is 6.03 Å². The van der Waals surface area contributed by atoms with Crippen molar-refractivity contribution in [2.24, 2.45) is 5.41 Å². The standard InChI is InChI=1S/C26H26FN5O4/c1-26(2,16-33)10-9-17-7-8-22-21(12-17)31(3)24(34)20(15-36-22)30-25(35)32-14-18(13-28-32)11-19-5-4-6-23(27)29-19/h4-8,12-14,20,33H,11,15-16H2,1-3H3,(H,30,35)/t20-/m1/s1. The van der Waals surface area contributed by atoms with Gasteiger partial charge in [0.1, 0.15) is 18.4 Å². The molecule has 0 spiro atoms. The maximum atomic E-state index is 13.3. The van der Waals surface area contributed by atoms with Gasteiger partial charge in [-0.05, 0) is 49.7 Å². The minimum absolute atomic E-state index is 0.0637. The number of hydrogen-bond donors (Lipinski definition) is 2. The van der Waals surface area contributed by atoms with Crippen LogP contribution in [0, 0.1) is 23.2 Å². The van der Waals surface area contributed by atoms with Gasteiger partial charge in [-0.2, -0.15) is 14.2 Å². The summed E-state index contributed by atoms with van der Waals surface area (Å²) in [4.78, 5) is 31.1. The molecule has 0 saturated heterocycles. The second-order valence-corrected chi connectivity index (χ2v) is 9.11. The molecule has 0 unspecified atom stereocenters. The van der Waals surface area contributed by atoms with Gasteiger partial charge in [-0.15, -0.1) is 0 Å². The van der Waals surface area contributed by atoms with E-state index in [0.717, 1.165) is 4.68 Å². The normalized spacial score (nSPS) is 15.3. The first kappa shape index (κ1) is 24.9. The first-order valence-corrected chi connectivity index (χ1v) is 11.3. The van der Waals surface area contributed by atoms with Crippen LogP contribution in [-0.2, 0) is 11.2 Å². The van der Waals surface area contributed by atoms with Crippen molar-refractivity contribution < 1.29 is 23.8 Å². The van der Waals surface area contributed by atoms with E-state index in [9.17, 15) is 19.1 Å². The average Bonchev–Trinajstić information content (AvgIpc) is 3.29. The lowest BCUT2D eigenvalue weighted by molar-refractivity contribution is -0.120. The number of benzene rings is 1. The Morgan fingerprint density at radius 3 is 2.89 bits per heavy atom. The minimum atomic E-state index is -0.949. The molecule has 2 amide bonds. The van der Waals surface area contributed by atoms with Crippen molar-refractivity contribution >= 4 is 17.6 Å². The molecule has 0 aliphatic carbocycles. The summed E-state index contributed by atoms with van der Waals surface area (Å²) in [6, 6.07) is 8.18. The number of nitrogens with zero attached hydrogens (tertiary/aromatic N) is 4. The molecular weight excluding hydrogens is 465 g/mol. The van der Waals surface area contributed by atoms with Crippen LogP contribution in [0.2, 0.25) is 0 Å². The summed E-state index contributed by atoms with van der Waals surface area (Å²) in [6.45, 7) is 3.52. The Hall–Kier alpha value is -4.23. The molecule has 0 saturated carbocycles. The number of carbonyl (C=O) groups is 2. The molecule has 3 heterocycles. The number of fused-ring (bicyclic) bond motifs is 1. The van der Waals surface area contributed by atoms with Crippen molar-refractivity contribution in [3.05, 3.63) is 71.6 Å². The Morgan fingerprint density at radius 2 is 2.14 bits per heavy atom. The number of ether oxygens (including phenoxy) is 1. The third-order valence-corrected chi connectivity index (χ3v) is 5.59. The van der Waals surface area contributed by atoms with E-state index in [1.165, 1.54) is 23.4 Å². The number of halogens is 1. The van der Waals surface area contributed by atoms with E-state index in [-0.39, 0.29) is 19.1 Å². The Morgan fingerprint density at radius 1 is 1.33 bits per heavy atom. The maximum absolute atomic E-state index is 13.3. The fourth-order valence-electron chi connectivity index (χ4n) is 3.50. The van der Waals surface area contributed by atoms with Crippen LogP contribution in [0.4, 0.5) is 14.9 Å². The summed E-state index contributed by atoms with van der Waals surface area (Å²) in [5.41, 5.74) is 1.80. The van der Waals surface area contributed by atoms with Crippen molar-refractivity contribution in [2.45, 2.75) is 26.3 Å². The van der Waals surface area contributed by atoms with Crippen molar-refractivity contribution in [1.29, 1.82) is 0 Å². The Labute approximate surface area is 207 Å². The summed E-state index contributed by atoms with van der Waals surface area (Å²) in [5.74, 6) is 5.57. The minimum Gasteiger partial charge on any atom is -0.489 e. The zero-order valence-electron chi connectivity index (χ0n) is 20.2. The van der Waals surface area contributed by atoms with Crippen molar-refractivity contribution in [1.82, 2.24) is 20.1 Å². The predicted molar refractivity (Wildman–Crippen MR) is 130 cm³/mol. The van der Waals surface area contributed by atoms with E-state index in [2.05, 4.69) is 27.2 Å². The topological polar surface area (TPSA) is 110 Å². The molecular formula is C26H26FN5O4. The van der Waals surface area contributed by atoms with Crippen molar-refractivity contribution in [3.63, 3.8) is 0 Å². The van der Waals surface area contributed by atoms with Crippen LogP contribution in [-0.4, -0.2) is 58.1 Å². The second-order valence-electron chi connectivity index (χ2n) is 9.11. The summed E-state index contributed by atoms with van der Waals surface area (Å²) in [5, 5.41) is 16.1.